The van der Waals surface area contributed by atoms with E-state index in [1.165, 1.54) is 11.1 Å². The molecule has 0 aromatic heterocycles. The fourth-order valence-corrected chi connectivity index (χ4v) is 1.90. The topological polar surface area (TPSA) is 26.0 Å². The molecule has 0 amide bonds. The number of rotatable bonds is 4. The maximum Gasteiger partial charge on any atom is 0.0329 e. The lowest BCUT2D eigenvalue weighted by molar-refractivity contribution is 0.742. The van der Waals surface area contributed by atoms with Crippen LogP contribution in [0.15, 0.2) is 67.3 Å². The molecule has 17 heavy (non-hydrogen) atoms. The lowest BCUT2D eigenvalue weighted by atomic mass is 9.98. The molecule has 0 unspecified atom stereocenters. The molecule has 2 N–H and O–H groups in total. The van der Waals surface area contributed by atoms with Gasteiger partial charge in [-0.1, -0.05) is 54.6 Å². The Balaban J connectivity index is 2.32. The first-order chi connectivity index (χ1) is 8.31. The van der Waals surface area contributed by atoms with Gasteiger partial charge in [-0.2, -0.15) is 0 Å². The summed E-state index contributed by atoms with van der Waals surface area (Å²) < 4.78 is 0. The first-order valence-corrected chi connectivity index (χ1v) is 5.83. The van der Waals surface area contributed by atoms with Crippen LogP contribution in [-0.4, -0.2) is 0 Å². The highest BCUT2D eigenvalue weighted by Crippen LogP contribution is 2.23. The third kappa shape index (κ3) is 2.83. The maximum absolute atomic E-state index is 6.08. The average Bonchev–Trinajstić information content (AvgIpc) is 2.40. The molecule has 0 heterocycles. The van der Waals surface area contributed by atoms with Crippen LogP contribution < -0.4 is 5.73 Å². The van der Waals surface area contributed by atoms with Gasteiger partial charge in [0.15, 0.2) is 0 Å². The SMILES string of the molecule is C=CC[C@H](N)c1cccc(-c2ccccc2)c1. The number of hydrogen-bond acceptors (Lipinski definition) is 1. The van der Waals surface area contributed by atoms with E-state index >= 15 is 0 Å². The van der Waals surface area contributed by atoms with Crippen molar-refractivity contribution >= 4 is 0 Å². The van der Waals surface area contributed by atoms with Crippen molar-refractivity contribution < 1.29 is 0 Å². The van der Waals surface area contributed by atoms with Crippen LogP contribution in [0, 0.1) is 0 Å². The highest BCUT2D eigenvalue weighted by Gasteiger charge is 2.05. The van der Waals surface area contributed by atoms with Crippen LogP contribution in [0.4, 0.5) is 0 Å². The predicted octanol–water partition coefficient (Wildman–Crippen LogP) is 3.93. The van der Waals surface area contributed by atoms with Crippen molar-refractivity contribution in [2.75, 3.05) is 0 Å². The summed E-state index contributed by atoms with van der Waals surface area (Å²) in [5.41, 5.74) is 9.67. The smallest absolute Gasteiger partial charge is 0.0329 e. The number of nitrogens with two attached hydrogens (primary N) is 1. The summed E-state index contributed by atoms with van der Waals surface area (Å²) >= 11 is 0. The Bertz CT molecular complexity index is 488. The van der Waals surface area contributed by atoms with Gasteiger partial charge in [-0.25, -0.2) is 0 Å². The molecule has 1 atom stereocenters. The first kappa shape index (κ1) is 11.6. The van der Waals surface area contributed by atoms with Crippen LogP contribution in [0.1, 0.15) is 18.0 Å². The summed E-state index contributed by atoms with van der Waals surface area (Å²) in [4.78, 5) is 0. The Morgan fingerprint density at radius 2 is 1.71 bits per heavy atom. The molecule has 86 valence electrons. The Morgan fingerprint density at radius 3 is 2.41 bits per heavy atom. The van der Waals surface area contributed by atoms with Crippen LogP contribution in [0.5, 0.6) is 0 Å². The van der Waals surface area contributed by atoms with Gasteiger partial charge in [0, 0.05) is 6.04 Å². The van der Waals surface area contributed by atoms with Crippen molar-refractivity contribution in [1.82, 2.24) is 0 Å². The van der Waals surface area contributed by atoms with E-state index < -0.39 is 0 Å². The third-order valence-electron chi connectivity index (χ3n) is 2.84. The average molecular weight is 223 g/mol. The van der Waals surface area contributed by atoms with Gasteiger partial charge in [0.1, 0.15) is 0 Å². The molecule has 0 bridgehead atoms. The van der Waals surface area contributed by atoms with Crippen molar-refractivity contribution in [1.29, 1.82) is 0 Å². The minimum atomic E-state index is 0.0381. The van der Waals surface area contributed by atoms with Gasteiger partial charge in [0.2, 0.25) is 0 Å². The summed E-state index contributed by atoms with van der Waals surface area (Å²) in [5, 5.41) is 0. The van der Waals surface area contributed by atoms with Crippen LogP contribution in [0.3, 0.4) is 0 Å². The van der Waals surface area contributed by atoms with Crippen LogP contribution in [-0.2, 0) is 0 Å². The van der Waals surface area contributed by atoms with Crippen LogP contribution in [0.2, 0.25) is 0 Å². The molecule has 0 saturated carbocycles. The second-order valence-corrected chi connectivity index (χ2v) is 4.12. The summed E-state index contributed by atoms with van der Waals surface area (Å²) in [5.74, 6) is 0. The van der Waals surface area contributed by atoms with Crippen molar-refractivity contribution in [3.8, 4) is 11.1 Å². The van der Waals surface area contributed by atoms with Crippen molar-refractivity contribution in [3.63, 3.8) is 0 Å². The number of benzene rings is 2. The summed E-state index contributed by atoms with van der Waals surface area (Å²) in [7, 11) is 0. The molecule has 2 aromatic carbocycles. The van der Waals surface area contributed by atoms with Gasteiger partial charge in [-0.05, 0) is 29.2 Å². The van der Waals surface area contributed by atoms with E-state index in [1.54, 1.807) is 0 Å². The van der Waals surface area contributed by atoms with Gasteiger partial charge in [0.05, 0.1) is 0 Å². The fourth-order valence-electron chi connectivity index (χ4n) is 1.90. The van der Waals surface area contributed by atoms with E-state index in [0.29, 0.717) is 0 Å². The van der Waals surface area contributed by atoms with Crippen molar-refractivity contribution in [2.24, 2.45) is 5.73 Å². The fraction of sp³-hybridized carbons (Fsp3) is 0.125. The Morgan fingerprint density at radius 1 is 1.00 bits per heavy atom. The first-order valence-electron chi connectivity index (χ1n) is 5.83. The second kappa shape index (κ2) is 5.46. The molecule has 0 spiro atoms. The monoisotopic (exact) mass is 223 g/mol. The standard InChI is InChI=1S/C16H17N/c1-2-7-16(17)15-11-6-10-14(12-15)13-8-4-3-5-9-13/h2-6,8-12,16H,1,7,17H2/t16-/m0/s1. The van der Waals surface area contributed by atoms with Gasteiger partial charge < -0.3 is 5.73 Å². The largest absolute Gasteiger partial charge is 0.324 e. The minimum Gasteiger partial charge on any atom is -0.324 e. The van der Waals surface area contributed by atoms with E-state index in [4.69, 9.17) is 5.73 Å². The zero-order chi connectivity index (χ0) is 12.1. The predicted molar refractivity (Wildman–Crippen MR) is 73.6 cm³/mol. The van der Waals surface area contributed by atoms with Crippen LogP contribution >= 0.6 is 0 Å². The lowest BCUT2D eigenvalue weighted by Gasteiger charge is -2.11. The molecule has 1 nitrogen and oxygen atoms in total. The minimum absolute atomic E-state index is 0.0381. The summed E-state index contributed by atoms with van der Waals surface area (Å²) in [6, 6.07) is 18.8. The molecule has 0 saturated heterocycles. The van der Waals surface area contributed by atoms with E-state index in [0.717, 1.165) is 12.0 Å². The molecule has 0 aliphatic heterocycles. The van der Waals surface area contributed by atoms with Crippen LogP contribution in [0.25, 0.3) is 11.1 Å². The molecule has 0 fully saturated rings. The quantitative estimate of drug-likeness (QED) is 0.781. The third-order valence-corrected chi connectivity index (χ3v) is 2.84. The van der Waals surface area contributed by atoms with E-state index in [1.807, 2.05) is 24.3 Å². The van der Waals surface area contributed by atoms with Gasteiger partial charge in [-0.3, -0.25) is 0 Å². The molecule has 0 aliphatic carbocycles. The number of hydrogen-bond donors (Lipinski definition) is 1. The van der Waals surface area contributed by atoms with E-state index in [-0.39, 0.29) is 6.04 Å². The Labute approximate surface area is 103 Å². The Kier molecular flexibility index (Phi) is 3.73. The molecule has 2 rings (SSSR count). The van der Waals surface area contributed by atoms with E-state index in [9.17, 15) is 0 Å². The zero-order valence-corrected chi connectivity index (χ0v) is 9.84. The van der Waals surface area contributed by atoms with E-state index in [2.05, 4.69) is 43.0 Å². The molecular weight excluding hydrogens is 206 g/mol. The maximum atomic E-state index is 6.08. The highest BCUT2D eigenvalue weighted by molar-refractivity contribution is 5.64. The van der Waals surface area contributed by atoms with Gasteiger partial charge in [0.25, 0.3) is 0 Å². The zero-order valence-electron chi connectivity index (χ0n) is 9.84. The van der Waals surface area contributed by atoms with Crippen molar-refractivity contribution in [2.45, 2.75) is 12.5 Å². The normalized spacial score (nSPS) is 12.1. The molecule has 2 aromatic rings. The summed E-state index contributed by atoms with van der Waals surface area (Å²) in [6.07, 6.45) is 2.66. The lowest BCUT2D eigenvalue weighted by Crippen LogP contribution is -2.08. The Hall–Kier alpha value is -1.86. The van der Waals surface area contributed by atoms with Crippen molar-refractivity contribution in [3.05, 3.63) is 72.8 Å². The molecule has 0 radical (unpaired) electrons. The second-order valence-electron chi connectivity index (χ2n) is 4.12. The van der Waals surface area contributed by atoms with Gasteiger partial charge in [-0.15, -0.1) is 6.58 Å². The van der Waals surface area contributed by atoms with Gasteiger partial charge >= 0.3 is 0 Å². The molecule has 0 aliphatic rings. The highest BCUT2D eigenvalue weighted by atomic mass is 14.6. The molecular formula is C16H17N. The molecule has 1 heteroatoms. The summed E-state index contributed by atoms with van der Waals surface area (Å²) in [6.45, 7) is 3.73.